The molecular formula is C15H18N4O2S. The van der Waals surface area contributed by atoms with Crippen molar-refractivity contribution >= 4 is 29.1 Å². The van der Waals surface area contributed by atoms with E-state index in [1.807, 2.05) is 13.0 Å². The highest BCUT2D eigenvalue weighted by Gasteiger charge is 2.22. The first-order valence-corrected chi connectivity index (χ1v) is 8.01. The average Bonchev–Trinajstić information content (AvgIpc) is 2.88. The molecule has 1 atom stereocenters. The minimum atomic E-state index is -0.609. The van der Waals surface area contributed by atoms with E-state index in [0.717, 1.165) is 11.4 Å². The maximum atomic E-state index is 12.0. The lowest BCUT2D eigenvalue weighted by Gasteiger charge is -2.08. The second-order valence-electron chi connectivity index (χ2n) is 4.70. The molecule has 2 rings (SSSR count). The maximum Gasteiger partial charge on any atom is 0.293 e. The summed E-state index contributed by atoms with van der Waals surface area (Å²) >= 11 is 1.45. The van der Waals surface area contributed by atoms with Gasteiger partial charge in [-0.1, -0.05) is 6.92 Å². The smallest absolute Gasteiger partial charge is 0.293 e. The number of nitrogens with zero attached hydrogens (tertiary/aromatic N) is 3. The molecule has 0 fully saturated rings. The third-order valence-electron chi connectivity index (χ3n) is 3.07. The van der Waals surface area contributed by atoms with Crippen molar-refractivity contribution in [3.8, 4) is 5.69 Å². The largest absolute Gasteiger partial charge is 0.316 e. The van der Waals surface area contributed by atoms with Crippen molar-refractivity contribution in [2.24, 2.45) is 0 Å². The molecule has 2 aromatic rings. The lowest BCUT2D eigenvalue weighted by Crippen LogP contribution is -2.29. The number of hydrogen-bond acceptors (Lipinski definition) is 5. The summed E-state index contributed by atoms with van der Waals surface area (Å²) < 4.78 is 1.62. The molecule has 1 N–H and O–H groups in total. The van der Waals surface area contributed by atoms with Crippen LogP contribution >= 0.6 is 11.8 Å². The van der Waals surface area contributed by atoms with Gasteiger partial charge in [0.1, 0.15) is 0 Å². The van der Waals surface area contributed by atoms with Gasteiger partial charge in [-0.25, -0.2) is 4.68 Å². The fraction of sp³-hybridized carbons (Fsp3) is 0.333. The minimum Gasteiger partial charge on any atom is -0.316 e. The second-order valence-corrected chi connectivity index (χ2v) is 6.32. The lowest BCUT2D eigenvalue weighted by atomic mass is 10.2. The predicted molar refractivity (Wildman–Crippen MR) is 87.3 cm³/mol. The van der Waals surface area contributed by atoms with Crippen molar-refractivity contribution in [2.75, 3.05) is 11.1 Å². The summed E-state index contributed by atoms with van der Waals surface area (Å²) in [5.41, 5.74) is 1.95. The Hall–Kier alpha value is -2.15. The Bertz CT molecular complexity index is 669. The summed E-state index contributed by atoms with van der Waals surface area (Å²) in [6, 6.07) is 3.66. The normalized spacial score (nSPS) is 12.0. The Kier molecular flexibility index (Phi) is 5.32. The van der Waals surface area contributed by atoms with E-state index in [1.165, 1.54) is 11.8 Å². The van der Waals surface area contributed by atoms with Crippen LogP contribution in [0.5, 0.6) is 0 Å². The number of amides is 1. The summed E-state index contributed by atoms with van der Waals surface area (Å²) in [5.74, 6) is -0.249. The van der Waals surface area contributed by atoms with Gasteiger partial charge in [-0.15, -0.1) is 0 Å². The number of carbonyl (C=O) groups is 2. The summed E-state index contributed by atoms with van der Waals surface area (Å²) in [6.45, 7) is 5.47. The quantitative estimate of drug-likeness (QED) is 0.827. The van der Waals surface area contributed by atoms with Crippen molar-refractivity contribution in [3.63, 3.8) is 0 Å². The molecule has 0 saturated heterocycles. The number of carbonyl (C=O) groups excluding carboxylic acids is 2. The van der Waals surface area contributed by atoms with Gasteiger partial charge in [0.15, 0.2) is 0 Å². The number of nitrogens with one attached hydrogen (secondary N) is 1. The number of hydrogen-bond donors (Lipinski definition) is 1. The molecule has 0 bridgehead atoms. The van der Waals surface area contributed by atoms with Gasteiger partial charge in [-0.3, -0.25) is 14.6 Å². The van der Waals surface area contributed by atoms with Crippen molar-refractivity contribution in [2.45, 2.75) is 26.0 Å². The van der Waals surface area contributed by atoms with Crippen LogP contribution in [0.3, 0.4) is 0 Å². The summed E-state index contributed by atoms with van der Waals surface area (Å²) in [7, 11) is 0. The zero-order valence-electron chi connectivity index (χ0n) is 12.7. The van der Waals surface area contributed by atoms with Crippen LogP contribution in [0.15, 0.2) is 30.7 Å². The molecule has 0 saturated carbocycles. The van der Waals surface area contributed by atoms with Crippen LogP contribution in [0, 0.1) is 6.92 Å². The fourth-order valence-electron chi connectivity index (χ4n) is 1.90. The summed E-state index contributed by atoms with van der Waals surface area (Å²) in [4.78, 5) is 28.0. The molecule has 2 aromatic heterocycles. The molecule has 0 aliphatic carbocycles. The number of Topliss-reactive ketones (excluding diaryl/α,β-unsaturated/α-hetero) is 1. The third-order valence-corrected chi connectivity index (χ3v) is 4.11. The standard InChI is InChI=1S/C15H18N4O2S/c1-4-22-11(3)14(20)15(21)17-13-9-19(18-10(13)2)12-6-5-7-16-8-12/h5-9,11H,4H2,1-3H3,(H,17,21). The van der Waals surface area contributed by atoms with Crippen molar-refractivity contribution in [3.05, 3.63) is 36.4 Å². The first kappa shape index (κ1) is 16.2. The fourth-order valence-corrected chi connectivity index (χ4v) is 2.66. The van der Waals surface area contributed by atoms with Gasteiger partial charge < -0.3 is 5.32 Å². The van der Waals surface area contributed by atoms with Gasteiger partial charge in [0.25, 0.3) is 5.91 Å². The van der Waals surface area contributed by atoms with E-state index in [4.69, 9.17) is 0 Å². The lowest BCUT2D eigenvalue weighted by molar-refractivity contribution is -0.134. The van der Waals surface area contributed by atoms with Gasteiger partial charge >= 0.3 is 0 Å². The predicted octanol–water partition coefficient (Wildman–Crippen LogP) is 2.22. The summed E-state index contributed by atoms with van der Waals surface area (Å²) in [5, 5.41) is 6.61. The van der Waals surface area contributed by atoms with Crippen LogP contribution < -0.4 is 5.32 Å². The molecule has 0 radical (unpaired) electrons. The third kappa shape index (κ3) is 3.73. The molecule has 22 heavy (non-hydrogen) atoms. The minimum absolute atomic E-state index is 0.348. The molecule has 0 aromatic carbocycles. The van der Waals surface area contributed by atoms with Gasteiger partial charge in [0.2, 0.25) is 5.78 Å². The van der Waals surface area contributed by atoms with Gasteiger partial charge in [-0.2, -0.15) is 16.9 Å². The Labute approximate surface area is 133 Å². The second kappa shape index (κ2) is 7.22. The zero-order chi connectivity index (χ0) is 16.1. The Morgan fingerprint density at radius 2 is 2.23 bits per heavy atom. The average molecular weight is 318 g/mol. The monoisotopic (exact) mass is 318 g/mol. The number of pyridine rings is 1. The molecule has 1 amide bonds. The van der Waals surface area contributed by atoms with E-state index in [1.54, 1.807) is 43.2 Å². The van der Waals surface area contributed by atoms with E-state index >= 15 is 0 Å². The zero-order valence-corrected chi connectivity index (χ0v) is 13.6. The van der Waals surface area contributed by atoms with Crippen LogP contribution in [0.2, 0.25) is 0 Å². The van der Waals surface area contributed by atoms with Gasteiger partial charge in [-0.05, 0) is 31.7 Å². The van der Waals surface area contributed by atoms with E-state index in [0.29, 0.717) is 11.4 Å². The molecule has 116 valence electrons. The molecule has 0 spiro atoms. The Balaban J connectivity index is 2.12. The molecule has 0 aliphatic heterocycles. The number of anilines is 1. The van der Waals surface area contributed by atoms with Crippen LogP contribution in [0.1, 0.15) is 19.5 Å². The highest BCUT2D eigenvalue weighted by atomic mass is 32.2. The first-order valence-electron chi connectivity index (χ1n) is 6.96. The maximum absolute atomic E-state index is 12.0. The number of thioether (sulfide) groups is 1. The Morgan fingerprint density at radius 3 is 2.86 bits per heavy atom. The number of rotatable bonds is 6. The SMILES string of the molecule is CCSC(C)C(=O)C(=O)Nc1cn(-c2cccnc2)nc1C. The number of aryl methyl sites for hydroxylation is 1. The topological polar surface area (TPSA) is 76.9 Å². The first-order chi connectivity index (χ1) is 10.5. The van der Waals surface area contributed by atoms with E-state index < -0.39 is 11.7 Å². The van der Waals surface area contributed by atoms with Gasteiger partial charge in [0, 0.05) is 6.20 Å². The summed E-state index contributed by atoms with van der Waals surface area (Å²) in [6.07, 6.45) is 5.02. The van der Waals surface area contributed by atoms with E-state index in [9.17, 15) is 9.59 Å². The highest BCUT2D eigenvalue weighted by molar-refractivity contribution is 8.00. The Morgan fingerprint density at radius 1 is 1.45 bits per heavy atom. The molecule has 0 aliphatic rings. The molecule has 1 unspecified atom stereocenters. The molecule has 6 nitrogen and oxygen atoms in total. The van der Waals surface area contributed by atoms with Crippen molar-refractivity contribution in [1.82, 2.24) is 14.8 Å². The van der Waals surface area contributed by atoms with Crippen LogP contribution in [-0.2, 0) is 9.59 Å². The van der Waals surface area contributed by atoms with Crippen molar-refractivity contribution < 1.29 is 9.59 Å². The molecular weight excluding hydrogens is 300 g/mol. The van der Waals surface area contributed by atoms with Gasteiger partial charge in [0.05, 0.1) is 34.7 Å². The molecule has 7 heteroatoms. The van der Waals surface area contributed by atoms with Crippen LogP contribution in [0.25, 0.3) is 5.69 Å². The highest BCUT2D eigenvalue weighted by Crippen LogP contribution is 2.17. The van der Waals surface area contributed by atoms with E-state index in [2.05, 4.69) is 15.4 Å². The van der Waals surface area contributed by atoms with E-state index in [-0.39, 0.29) is 5.25 Å². The number of aromatic nitrogens is 3. The van der Waals surface area contributed by atoms with Crippen molar-refractivity contribution in [1.29, 1.82) is 0 Å². The van der Waals surface area contributed by atoms with Crippen LogP contribution in [-0.4, -0.2) is 37.5 Å². The van der Waals surface area contributed by atoms with Crippen LogP contribution in [0.4, 0.5) is 5.69 Å². The number of ketones is 1. The molecule has 2 heterocycles.